The van der Waals surface area contributed by atoms with Gasteiger partial charge in [0.2, 0.25) is 0 Å². The van der Waals surface area contributed by atoms with Crippen molar-refractivity contribution in [2.45, 2.75) is 58.1 Å². The molecule has 0 aliphatic carbocycles. The van der Waals surface area contributed by atoms with Crippen LogP contribution in [0, 0.1) is 6.92 Å². The van der Waals surface area contributed by atoms with Crippen molar-refractivity contribution < 1.29 is 4.74 Å². The fraction of sp³-hybridized carbons (Fsp3) is 0.588. The lowest BCUT2D eigenvalue weighted by Crippen LogP contribution is -2.43. The third-order valence-corrected chi connectivity index (χ3v) is 4.86. The molecule has 1 heterocycles. The number of anilines is 1. The largest absolute Gasteiger partial charge is 0.389 e. The monoisotopic (exact) mass is 306 g/mol. The second kappa shape index (κ2) is 6.75. The highest BCUT2D eigenvalue weighted by molar-refractivity contribution is 7.80. The van der Waals surface area contributed by atoms with Gasteiger partial charge in [-0.25, -0.2) is 0 Å². The van der Waals surface area contributed by atoms with Gasteiger partial charge in [-0.2, -0.15) is 0 Å². The van der Waals surface area contributed by atoms with Crippen LogP contribution in [-0.2, 0) is 4.74 Å². The van der Waals surface area contributed by atoms with Crippen molar-refractivity contribution in [3.05, 3.63) is 29.3 Å². The van der Waals surface area contributed by atoms with Crippen molar-refractivity contribution in [2.75, 3.05) is 11.9 Å². The van der Waals surface area contributed by atoms with Gasteiger partial charge in [0.25, 0.3) is 0 Å². The van der Waals surface area contributed by atoms with E-state index >= 15 is 0 Å². The van der Waals surface area contributed by atoms with Crippen molar-refractivity contribution in [1.29, 1.82) is 0 Å². The molecule has 0 saturated carbocycles. The van der Waals surface area contributed by atoms with Gasteiger partial charge < -0.3 is 15.8 Å². The molecule has 0 spiro atoms. The minimum Gasteiger partial charge on any atom is -0.389 e. The molecule has 1 fully saturated rings. The van der Waals surface area contributed by atoms with Gasteiger partial charge in [0.15, 0.2) is 0 Å². The van der Waals surface area contributed by atoms with E-state index in [0.717, 1.165) is 49.1 Å². The predicted octanol–water partition coefficient (Wildman–Crippen LogP) is 3.78. The minimum atomic E-state index is 0.0454. The van der Waals surface area contributed by atoms with E-state index in [1.165, 1.54) is 0 Å². The van der Waals surface area contributed by atoms with Crippen LogP contribution in [0.3, 0.4) is 0 Å². The van der Waals surface area contributed by atoms with Gasteiger partial charge in [-0.1, -0.05) is 26.1 Å². The summed E-state index contributed by atoms with van der Waals surface area (Å²) >= 11 is 5.06. The molecule has 3 N–H and O–H groups in total. The summed E-state index contributed by atoms with van der Waals surface area (Å²) in [6.45, 7) is 7.31. The Morgan fingerprint density at radius 3 is 2.71 bits per heavy atom. The molecule has 1 aromatic rings. The van der Waals surface area contributed by atoms with Gasteiger partial charge in [-0.3, -0.25) is 0 Å². The van der Waals surface area contributed by atoms with Crippen molar-refractivity contribution in [1.82, 2.24) is 0 Å². The lowest BCUT2D eigenvalue weighted by Gasteiger charge is -2.40. The van der Waals surface area contributed by atoms with Crippen LogP contribution in [0.1, 0.15) is 50.7 Å². The van der Waals surface area contributed by atoms with Crippen LogP contribution in [0.15, 0.2) is 18.2 Å². The molecule has 1 unspecified atom stereocenters. The maximum Gasteiger partial charge on any atom is 0.104 e. The Balaban J connectivity index is 2.08. The maximum absolute atomic E-state index is 6.03. The van der Waals surface area contributed by atoms with Crippen molar-refractivity contribution >= 4 is 22.9 Å². The molecule has 21 heavy (non-hydrogen) atoms. The van der Waals surface area contributed by atoms with E-state index in [1.807, 2.05) is 13.0 Å². The first-order valence-electron chi connectivity index (χ1n) is 7.80. The Morgan fingerprint density at radius 1 is 1.43 bits per heavy atom. The third kappa shape index (κ3) is 3.74. The number of thiocarbonyl (C=S) groups is 1. The molecule has 1 aliphatic rings. The summed E-state index contributed by atoms with van der Waals surface area (Å²) in [7, 11) is 0. The summed E-state index contributed by atoms with van der Waals surface area (Å²) in [6, 6.07) is 6.67. The van der Waals surface area contributed by atoms with Crippen LogP contribution in [-0.4, -0.2) is 23.2 Å². The number of ether oxygens (including phenoxy) is 1. The Bertz CT molecular complexity index is 512. The molecular weight excluding hydrogens is 280 g/mol. The van der Waals surface area contributed by atoms with Gasteiger partial charge in [0.05, 0.1) is 5.60 Å². The summed E-state index contributed by atoms with van der Waals surface area (Å²) in [5.41, 5.74) is 8.98. The highest BCUT2D eigenvalue weighted by Crippen LogP contribution is 2.33. The zero-order chi connectivity index (χ0) is 15.5. The van der Waals surface area contributed by atoms with Crippen LogP contribution < -0.4 is 11.1 Å². The standard InChI is InChI=1S/C17H26N2OS/c1-4-17(5-2)11-14(8-9-20-17)19-13-6-7-15(16(18)21)12(3)10-13/h6-7,10,14,19H,4-5,8-9,11H2,1-3H3,(H2,18,21). The highest BCUT2D eigenvalue weighted by atomic mass is 32.1. The van der Waals surface area contributed by atoms with Gasteiger partial charge in [0, 0.05) is 23.9 Å². The molecule has 1 aromatic carbocycles. The number of aryl methyl sites for hydroxylation is 1. The van der Waals surface area contributed by atoms with Gasteiger partial charge >= 0.3 is 0 Å². The number of nitrogens with one attached hydrogen (secondary N) is 1. The number of hydrogen-bond acceptors (Lipinski definition) is 3. The fourth-order valence-electron chi connectivity index (χ4n) is 3.16. The van der Waals surface area contributed by atoms with E-state index in [4.69, 9.17) is 22.7 Å². The number of rotatable bonds is 5. The van der Waals surface area contributed by atoms with Crippen molar-refractivity contribution in [2.24, 2.45) is 5.73 Å². The molecule has 1 aliphatic heterocycles. The SMILES string of the molecule is CCC1(CC)CC(Nc2ccc(C(N)=S)c(C)c2)CCO1. The van der Waals surface area contributed by atoms with E-state index < -0.39 is 0 Å². The summed E-state index contributed by atoms with van der Waals surface area (Å²) < 4.78 is 6.03. The van der Waals surface area contributed by atoms with Crippen LogP contribution >= 0.6 is 12.2 Å². The molecule has 0 radical (unpaired) electrons. The summed E-state index contributed by atoms with van der Waals surface area (Å²) in [5.74, 6) is 0. The lowest BCUT2D eigenvalue weighted by atomic mass is 9.86. The van der Waals surface area contributed by atoms with Crippen molar-refractivity contribution in [3.8, 4) is 0 Å². The lowest BCUT2D eigenvalue weighted by molar-refractivity contribution is -0.0864. The molecule has 1 saturated heterocycles. The smallest absolute Gasteiger partial charge is 0.104 e. The molecular formula is C17H26N2OS. The van der Waals surface area contributed by atoms with E-state index in [1.54, 1.807) is 0 Å². The van der Waals surface area contributed by atoms with Crippen LogP contribution in [0.25, 0.3) is 0 Å². The Morgan fingerprint density at radius 2 is 2.14 bits per heavy atom. The Kier molecular flexibility index (Phi) is 5.22. The van der Waals surface area contributed by atoms with Gasteiger partial charge in [-0.15, -0.1) is 0 Å². The van der Waals surface area contributed by atoms with Crippen LogP contribution in [0.5, 0.6) is 0 Å². The van der Waals surface area contributed by atoms with E-state index in [-0.39, 0.29) is 5.60 Å². The normalized spacial score (nSPS) is 21.0. The second-order valence-corrected chi connectivity index (χ2v) is 6.41. The summed E-state index contributed by atoms with van der Waals surface area (Å²) in [5, 5.41) is 3.65. The third-order valence-electron chi connectivity index (χ3n) is 4.64. The molecule has 2 rings (SSSR count). The van der Waals surface area contributed by atoms with E-state index in [9.17, 15) is 0 Å². The molecule has 116 valence electrons. The van der Waals surface area contributed by atoms with Crippen molar-refractivity contribution in [3.63, 3.8) is 0 Å². The summed E-state index contributed by atoms with van der Waals surface area (Å²) in [6.07, 6.45) is 4.26. The first-order chi connectivity index (χ1) is 9.99. The van der Waals surface area contributed by atoms with E-state index in [0.29, 0.717) is 11.0 Å². The predicted molar refractivity (Wildman–Crippen MR) is 93.0 cm³/mol. The summed E-state index contributed by atoms with van der Waals surface area (Å²) in [4.78, 5) is 0.459. The fourth-order valence-corrected chi connectivity index (χ4v) is 3.39. The number of benzene rings is 1. The quantitative estimate of drug-likeness (QED) is 0.813. The van der Waals surface area contributed by atoms with E-state index in [2.05, 4.69) is 31.3 Å². The first-order valence-corrected chi connectivity index (χ1v) is 8.21. The molecule has 3 nitrogen and oxygen atoms in total. The number of nitrogens with two attached hydrogens (primary N) is 1. The molecule has 0 amide bonds. The molecule has 0 bridgehead atoms. The average molecular weight is 306 g/mol. The second-order valence-electron chi connectivity index (χ2n) is 5.97. The van der Waals surface area contributed by atoms with Crippen LogP contribution in [0.2, 0.25) is 0 Å². The molecule has 0 aromatic heterocycles. The minimum absolute atomic E-state index is 0.0454. The zero-order valence-electron chi connectivity index (χ0n) is 13.2. The topological polar surface area (TPSA) is 47.3 Å². The number of hydrogen-bond donors (Lipinski definition) is 2. The molecule has 4 heteroatoms. The Labute approximate surface area is 133 Å². The average Bonchev–Trinajstić information content (AvgIpc) is 2.47. The van der Waals surface area contributed by atoms with Crippen LogP contribution in [0.4, 0.5) is 5.69 Å². The highest BCUT2D eigenvalue weighted by Gasteiger charge is 2.34. The molecule has 1 atom stereocenters. The zero-order valence-corrected chi connectivity index (χ0v) is 14.1. The Hall–Kier alpha value is -1.13. The van der Waals surface area contributed by atoms with Gasteiger partial charge in [0.1, 0.15) is 4.99 Å². The van der Waals surface area contributed by atoms with Gasteiger partial charge in [-0.05, 0) is 56.4 Å². The first kappa shape index (κ1) is 16.2. The maximum atomic E-state index is 6.03.